The van der Waals surface area contributed by atoms with E-state index in [4.69, 9.17) is 0 Å². The normalized spacial score (nSPS) is 22.7. The van der Waals surface area contributed by atoms with Crippen LogP contribution in [-0.4, -0.2) is 60.9 Å². The lowest BCUT2D eigenvalue weighted by molar-refractivity contribution is -0.141. The molecule has 0 aromatic heterocycles. The summed E-state index contributed by atoms with van der Waals surface area (Å²) < 4.78 is 0. The summed E-state index contributed by atoms with van der Waals surface area (Å²) >= 11 is 0. The fraction of sp³-hybridized carbons (Fsp3) is 0.556. The molecule has 0 spiro atoms. The number of hydrogen-bond donors (Lipinski definition) is 0. The van der Waals surface area contributed by atoms with Crippen molar-refractivity contribution >= 4 is 17.5 Å². The van der Waals surface area contributed by atoms with Crippen molar-refractivity contribution in [2.75, 3.05) is 44.2 Å². The fourth-order valence-corrected chi connectivity index (χ4v) is 3.50. The first-order valence-electron chi connectivity index (χ1n) is 8.58. The third-order valence-corrected chi connectivity index (χ3v) is 4.80. The van der Waals surface area contributed by atoms with Crippen LogP contribution in [0.1, 0.15) is 19.8 Å². The lowest BCUT2D eigenvalue weighted by Crippen LogP contribution is -2.51. The van der Waals surface area contributed by atoms with E-state index in [-0.39, 0.29) is 11.8 Å². The average molecular weight is 315 g/mol. The first-order valence-corrected chi connectivity index (χ1v) is 8.58. The number of anilines is 1. The van der Waals surface area contributed by atoms with E-state index in [1.165, 1.54) is 0 Å². The Morgan fingerprint density at radius 1 is 1.09 bits per heavy atom. The smallest absolute Gasteiger partial charge is 0.239 e. The summed E-state index contributed by atoms with van der Waals surface area (Å²) in [4.78, 5) is 31.3. The molecule has 0 bridgehead atoms. The minimum Gasteiger partial charge on any atom is -0.339 e. The average Bonchev–Trinajstić information content (AvgIpc) is 2.97. The zero-order valence-corrected chi connectivity index (χ0v) is 13.8. The molecule has 1 aromatic carbocycles. The molecule has 2 fully saturated rings. The zero-order chi connectivity index (χ0) is 16.2. The van der Waals surface area contributed by atoms with Gasteiger partial charge in [0, 0.05) is 38.4 Å². The largest absolute Gasteiger partial charge is 0.339 e. The second kappa shape index (κ2) is 7.13. The van der Waals surface area contributed by atoms with Crippen molar-refractivity contribution in [3.05, 3.63) is 30.3 Å². The van der Waals surface area contributed by atoms with Crippen molar-refractivity contribution in [3.63, 3.8) is 0 Å². The van der Waals surface area contributed by atoms with Crippen molar-refractivity contribution in [1.82, 2.24) is 9.80 Å². The third-order valence-electron chi connectivity index (χ3n) is 4.80. The highest BCUT2D eigenvalue weighted by Gasteiger charge is 2.40. The van der Waals surface area contributed by atoms with Gasteiger partial charge in [0.05, 0.1) is 0 Å². The van der Waals surface area contributed by atoms with Gasteiger partial charge in [-0.15, -0.1) is 0 Å². The van der Waals surface area contributed by atoms with Gasteiger partial charge in [-0.2, -0.15) is 0 Å². The maximum atomic E-state index is 12.7. The maximum absolute atomic E-state index is 12.7. The van der Waals surface area contributed by atoms with Gasteiger partial charge in [0.15, 0.2) is 0 Å². The first-order chi connectivity index (χ1) is 11.2. The van der Waals surface area contributed by atoms with E-state index in [9.17, 15) is 9.59 Å². The van der Waals surface area contributed by atoms with Crippen LogP contribution in [0.4, 0.5) is 5.69 Å². The molecule has 3 rings (SSSR count). The van der Waals surface area contributed by atoms with Crippen molar-refractivity contribution in [1.29, 1.82) is 0 Å². The molecule has 2 heterocycles. The maximum Gasteiger partial charge on any atom is 0.239 e. The van der Waals surface area contributed by atoms with Gasteiger partial charge >= 0.3 is 0 Å². The van der Waals surface area contributed by atoms with Gasteiger partial charge in [-0.3, -0.25) is 14.5 Å². The molecule has 2 aliphatic rings. The van der Waals surface area contributed by atoms with Crippen LogP contribution < -0.4 is 4.90 Å². The monoisotopic (exact) mass is 315 g/mol. The second-order valence-corrected chi connectivity index (χ2v) is 6.33. The summed E-state index contributed by atoms with van der Waals surface area (Å²) in [5, 5.41) is 0. The summed E-state index contributed by atoms with van der Waals surface area (Å²) in [6.45, 7) is 7.22. The molecule has 0 N–H and O–H groups in total. The van der Waals surface area contributed by atoms with Crippen LogP contribution in [0.15, 0.2) is 30.3 Å². The Kier molecular flexibility index (Phi) is 4.96. The topological polar surface area (TPSA) is 43.9 Å². The number of rotatable bonds is 4. The lowest BCUT2D eigenvalue weighted by Gasteiger charge is -2.35. The number of hydrogen-bond acceptors (Lipinski definition) is 3. The summed E-state index contributed by atoms with van der Waals surface area (Å²) in [7, 11) is 0. The van der Waals surface area contributed by atoms with Gasteiger partial charge in [-0.05, 0) is 31.5 Å². The van der Waals surface area contributed by atoms with Gasteiger partial charge in [-0.25, -0.2) is 0 Å². The highest BCUT2D eigenvalue weighted by atomic mass is 16.2. The molecular weight excluding hydrogens is 290 g/mol. The summed E-state index contributed by atoms with van der Waals surface area (Å²) in [6, 6.07) is 9.63. The van der Waals surface area contributed by atoms with Crippen LogP contribution in [0, 0.1) is 5.92 Å². The van der Waals surface area contributed by atoms with Gasteiger partial charge in [0.2, 0.25) is 11.8 Å². The van der Waals surface area contributed by atoms with E-state index in [0.29, 0.717) is 13.0 Å². The minimum absolute atomic E-state index is 0.0181. The Hall–Kier alpha value is -1.88. The number of carbonyl (C=O) groups excluding carboxylic acids is 2. The van der Waals surface area contributed by atoms with E-state index in [0.717, 1.165) is 44.8 Å². The molecule has 2 amide bonds. The number of para-hydroxylation sites is 1. The molecule has 2 saturated heterocycles. The Morgan fingerprint density at radius 2 is 1.78 bits per heavy atom. The molecule has 0 saturated carbocycles. The van der Waals surface area contributed by atoms with Crippen LogP contribution in [-0.2, 0) is 9.59 Å². The number of piperazine rings is 1. The molecule has 23 heavy (non-hydrogen) atoms. The Balaban J connectivity index is 1.60. The fourth-order valence-electron chi connectivity index (χ4n) is 3.50. The highest BCUT2D eigenvalue weighted by Crippen LogP contribution is 2.26. The lowest BCUT2D eigenvalue weighted by atomic mass is 10.1. The first kappa shape index (κ1) is 16.0. The van der Waals surface area contributed by atoms with Crippen LogP contribution in [0.5, 0.6) is 0 Å². The van der Waals surface area contributed by atoms with Gasteiger partial charge < -0.3 is 9.80 Å². The Bertz CT molecular complexity index is 553. The quantitative estimate of drug-likeness (QED) is 0.793. The van der Waals surface area contributed by atoms with Crippen molar-refractivity contribution in [2.45, 2.75) is 19.8 Å². The summed E-state index contributed by atoms with van der Waals surface area (Å²) in [6.07, 6.45) is 1.77. The summed E-state index contributed by atoms with van der Waals surface area (Å²) in [5.41, 5.74) is 0.889. The molecule has 0 radical (unpaired) electrons. The molecule has 0 aliphatic carbocycles. The molecule has 1 unspecified atom stereocenters. The van der Waals surface area contributed by atoms with Crippen molar-refractivity contribution in [3.8, 4) is 0 Å². The van der Waals surface area contributed by atoms with Crippen molar-refractivity contribution < 1.29 is 9.59 Å². The van der Waals surface area contributed by atoms with Crippen LogP contribution in [0.3, 0.4) is 0 Å². The van der Waals surface area contributed by atoms with Crippen molar-refractivity contribution in [2.24, 2.45) is 5.92 Å². The number of nitrogens with zero attached hydrogens (tertiary/aromatic N) is 3. The van der Waals surface area contributed by atoms with Gasteiger partial charge in [-0.1, -0.05) is 25.1 Å². The third kappa shape index (κ3) is 3.39. The summed E-state index contributed by atoms with van der Waals surface area (Å²) in [5.74, 6) is -0.519. The van der Waals surface area contributed by atoms with E-state index in [2.05, 4.69) is 11.8 Å². The van der Waals surface area contributed by atoms with E-state index >= 15 is 0 Å². The predicted octanol–water partition coefficient (Wildman–Crippen LogP) is 1.59. The standard InChI is InChI=1S/C18H25N3O2/c1-2-9-19-11-13-20(14-12-19)17(22)16-8-10-21(18(16)23)15-6-4-3-5-7-15/h3-7,16H,2,8-14H2,1H3. The molecule has 1 atom stereocenters. The number of carbonyl (C=O) groups is 2. The van der Waals surface area contributed by atoms with Crippen LogP contribution in [0.2, 0.25) is 0 Å². The van der Waals surface area contributed by atoms with Gasteiger partial charge in [0.1, 0.15) is 5.92 Å². The Morgan fingerprint density at radius 3 is 2.43 bits per heavy atom. The predicted molar refractivity (Wildman–Crippen MR) is 90.2 cm³/mol. The Labute approximate surface area is 137 Å². The van der Waals surface area contributed by atoms with E-state index in [1.807, 2.05) is 35.2 Å². The molecule has 5 nitrogen and oxygen atoms in total. The molecule has 5 heteroatoms. The number of amides is 2. The molecule has 1 aromatic rings. The van der Waals surface area contributed by atoms with E-state index in [1.54, 1.807) is 4.90 Å². The van der Waals surface area contributed by atoms with Gasteiger partial charge in [0.25, 0.3) is 0 Å². The molecule has 2 aliphatic heterocycles. The number of benzene rings is 1. The molecular formula is C18H25N3O2. The second-order valence-electron chi connectivity index (χ2n) is 6.33. The van der Waals surface area contributed by atoms with Crippen LogP contribution >= 0.6 is 0 Å². The molecule has 124 valence electrons. The highest BCUT2D eigenvalue weighted by molar-refractivity contribution is 6.09. The SMILES string of the molecule is CCCN1CCN(C(=O)C2CCN(c3ccccc3)C2=O)CC1. The minimum atomic E-state index is -0.493. The van der Waals surface area contributed by atoms with E-state index < -0.39 is 5.92 Å². The van der Waals surface area contributed by atoms with Crippen LogP contribution in [0.25, 0.3) is 0 Å². The zero-order valence-electron chi connectivity index (χ0n) is 13.8.